The van der Waals surface area contributed by atoms with Crippen molar-refractivity contribution < 1.29 is 14.3 Å². The van der Waals surface area contributed by atoms with Crippen molar-refractivity contribution in [3.05, 3.63) is 58.7 Å². The Hall–Kier alpha value is -2.60. The molecule has 142 valence electrons. The van der Waals surface area contributed by atoms with Gasteiger partial charge in [0.25, 0.3) is 5.91 Å². The molecule has 1 aromatic heterocycles. The SMILES string of the molecule is CCNC(=O)c1cccnc1OC1CCN(C(=O)Cc2ccc(Cl)cc2)C1. The van der Waals surface area contributed by atoms with E-state index in [-0.39, 0.29) is 17.9 Å². The number of halogens is 1. The molecule has 2 aromatic rings. The summed E-state index contributed by atoms with van der Waals surface area (Å²) in [5.74, 6) is 0.142. The van der Waals surface area contributed by atoms with Crippen LogP contribution < -0.4 is 10.1 Å². The number of pyridine rings is 1. The van der Waals surface area contributed by atoms with E-state index in [0.717, 1.165) is 5.56 Å². The largest absolute Gasteiger partial charge is 0.472 e. The van der Waals surface area contributed by atoms with Gasteiger partial charge in [-0.3, -0.25) is 9.59 Å². The van der Waals surface area contributed by atoms with E-state index >= 15 is 0 Å². The summed E-state index contributed by atoms with van der Waals surface area (Å²) in [6.45, 7) is 3.50. The molecule has 1 aromatic carbocycles. The van der Waals surface area contributed by atoms with Gasteiger partial charge in [0.15, 0.2) is 0 Å². The fraction of sp³-hybridized carbons (Fsp3) is 0.350. The van der Waals surface area contributed by atoms with E-state index in [9.17, 15) is 9.59 Å². The minimum absolute atomic E-state index is 0.0494. The monoisotopic (exact) mass is 387 g/mol. The molecule has 1 aliphatic heterocycles. The van der Waals surface area contributed by atoms with Gasteiger partial charge in [0.2, 0.25) is 11.8 Å². The molecular weight excluding hydrogens is 366 g/mol. The van der Waals surface area contributed by atoms with Crippen molar-refractivity contribution in [3.63, 3.8) is 0 Å². The van der Waals surface area contributed by atoms with Gasteiger partial charge in [0, 0.05) is 30.7 Å². The van der Waals surface area contributed by atoms with Gasteiger partial charge in [-0.2, -0.15) is 0 Å². The smallest absolute Gasteiger partial charge is 0.256 e. The Kier molecular flexibility index (Phi) is 6.29. The molecule has 7 heteroatoms. The third-order valence-electron chi connectivity index (χ3n) is 4.40. The van der Waals surface area contributed by atoms with E-state index in [1.807, 2.05) is 19.1 Å². The number of benzene rings is 1. The summed E-state index contributed by atoms with van der Waals surface area (Å²) in [6, 6.07) is 10.7. The number of hydrogen-bond acceptors (Lipinski definition) is 4. The van der Waals surface area contributed by atoms with E-state index in [0.29, 0.717) is 48.9 Å². The molecule has 6 nitrogen and oxygen atoms in total. The highest BCUT2D eigenvalue weighted by molar-refractivity contribution is 6.30. The molecule has 1 unspecified atom stereocenters. The normalized spacial score (nSPS) is 16.2. The van der Waals surface area contributed by atoms with Crippen LogP contribution in [0.15, 0.2) is 42.6 Å². The maximum atomic E-state index is 12.5. The minimum Gasteiger partial charge on any atom is -0.472 e. The van der Waals surface area contributed by atoms with E-state index in [4.69, 9.17) is 16.3 Å². The summed E-state index contributed by atoms with van der Waals surface area (Å²) in [5, 5.41) is 3.40. The first-order chi connectivity index (χ1) is 13.1. The fourth-order valence-corrected chi connectivity index (χ4v) is 3.14. The summed E-state index contributed by atoms with van der Waals surface area (Å²) in [6.07, 6.45) is 2.45. The molecule has 2 amide bonds. The number of carbonyl (C=O) groups excluding carboxylic acids is 2. The van der Waals surface area contributed by atoms with Gasteiger partial charge in [-0.15, -0.1) is 0 Å². The Labute approximate surface area is 163 Å². The van der Waals surface area contributed by atoms with Crippen LogP contribution in [0.2, 0.25) is 5.02 Å². The molecule has 27 heavy (non-hydrogen) atoms. The van der Waals surface area contributed by atoms with Crippen LogP contribution in [0.3, 0.4) is 0 Å². The third-order valence-corrected chi connectivity index (χ3v) is 4.65. The summed E-state index contributed by atoms with van der Waals surface area (Å²) in [7, 11) is 0. The third kappa shape index (κ3) is 4.98. The topological polar surface area (TPSA) is 71.5 Å². The number of hydrogen-bond donors (Lipinski definition) is 1. The quantitative estimate of drug-likeness (QED) is 0.827. The maximum Gasteiger partial charge on any atom is 0.256 e. The molecule has 0 spiro atoms. The highest BCUT2D eigenvalue weighted by atomic mass is 35.5. The Bertz CT molecular complexity index is 810. The molecule has 0 bridgehead atoms. The summed E-state index contributed by atoms with van der Waals surface area (Å²) < 4.78 is 5.94. The number of ether oxygens (including phenoxy) is 1. The number of carbonyl (C=O) groups is 2. The van der Waals surface area contributed by atoms with Gasteiger partial charge >= 0.3 is 0 Å². The van der Waals surface area contributed by atoms with Gasteiger partial charge in [0.05, 0.1) is 13.0 Å². The first-order valence-corrected chi connectivity index (χ1v) is 9.36. The Morgan fingerprint density at radius 3 is 2.81 bits per heavy atom. The van der Waals surface area contributed by atoms with Gasteiger partial charge in [0.1, 0.15) is 11.7 Å². The number of likely N-dealkylation sites (tertiary alicyclic amines) is 1. The standard InChI is InChI=1S/C20H22ClN3O3/c1-2-22-19(26)17-4-3-10-23-20(17)27-16-9-11-24(13-16)18(25)12-14-5-7-15(21)8-6-14/h3-8,10,16H,2,9,11-13H2,1H3,(H,22,26). The van der Waals surface area contributed by atoms with Crippen molar-refractivity contribution in [2.45, 2.75) is 25.9 Å². The molecule has 0 radical (unpaired) electrons. The lowest BCUT2D eigenvalue weighted by atomic mass is 10.1. The molecule has 1 atom stereocenters. The predicted molar refractivity (Wildman–Crippen MR) is 103 cm³/mol. The number of rotatable bonds is 6. The highest BCUT2D eigenvalue weighted by Crippen LogP contribution is 2.21. The molecule has 0 aliphatic carbocycles. The zero-order valence-electron chi connectivity index (χ0n) is 15.2. The zero-order valence-corrected chi connectivity index (χ0v) is 15.9. The van der Waals surface area contributed by atoms with Crippen LogP contribution in [0.4, 0.5) is 0 Å². The molecular formula is C20H22ClN3O3. The Morgan fingerprint density at radius 2 is 2.07 bits per heavy atom. The van der Waals surface area contributed by atoms with E-state index in [2.05, 4.69) is 10.3 Å². The molecule has 3 rings (SSSR count). The molecule has 1 N–H and O–H groups in total. The van der Waals surface area contributed by atoms with Crippen LogP contribution in [0, 0.1) is 0 Å². The zero-order chi connectivity index (χ0) is 19.2. The maximum absolute atomic E-state index is 12.5. The van der Waals surface area contributed by atoms with Crippen molar-refractivity contribution in [3.8, 4) is 5.88 Å². The lowest BCUT2D eigenvalue weighted by Crippen LogP contribution is -2.32. The number of nitrogens with one attached hydrogen (secondary N) is 1. The van der Waals surface area contributed by atoms with Gasteiger partial charge < -0.3 is 15.0 Å². The van der Waals surface area contributed by atoms with Crippen LogP contribution >= 0.6 is 11.6 Å². The van der Waals surface area contributed by atoms with Crippen LogP contribution in [0.25, 0.3) is 0 Å². The predicted octanol–water partition coefficient (Wildman–Crippen LogP) is 2.71. The number of aromatic nitrogens is 1. The second-order valence-corrected chi connectivity index (χ2v) is 6.82. The van der Waals surface area contributed by atoms with Crippen LogP contribution in [0.1, 0.15) is 29.3 Å². The lowest BCUT2D eigenvalue weighted by Gasteiger charge is -2.18. The van der Waals surface area contributed by atoms with Crippen molar-refractivity contribution in [2.24, 2.45) is 0 Å². The second-order valence-electron chi connectivity index (χ2n) is 6.39. The fourth-order valence-electron chi connectivity index (χ4n) is 3.01. The van der Waals surface area contributed by atoms with E-state index in [1.54, 1.807) is 35.4 Å². The average molecular weight is 388 g/mol. The molecule has 1 fully saturated rings. The van der Waals surface area contributed by atoms with Crippen molar-refractivity contribution >= 4 is 23.4 Å². The van der Waals surface area contributed by atoms with Crippen molar-refractivity contribution in [1.29, 1.82) is 0 Å². The van der Waals surface area contributed by atoms with Gasteiger partial charge in [-0.1, -0.05) is 23.7 Å². The second kappa shape index (κ2) is 8.86. The van der Waals surface area contributed by atoms with Gasteiger partial charge in [-0.05, 0) is 36.8 Å². The average Bonchev–Trinajstić information content (AvgIpc) is 3.13. The summed E-state index contributed by atoms with van der Waals surface area (Å²) in [4.78, 5) is 30.6. The minimum atomic E-state index is -0.214. The first-order valence-electron chi connectivity index (χ1n) is 8.99. The van der Waals surface area contributed by atoms with E-state index in [1.165, 1.54) is 0 Å². The summed E-state index contributed by atoms with van der Waals surface area (Å²) in [5.41, 5.74) is 1.34. The molecule has 1 saturated heterocycles. The van der Waals surface area contributed by atoms with Crippen LogP contribution in [-0.2, 0) is 11.2 Å². The van der Waals surface area contributed by atoms with Crippen LogP contribution in [-0.4, -0.2) is 47.4 Å². The van der Waals surface area contributed by atoms with E-state index < -0.39 is 0 Å². The molecule has 2 heterocycles. The summed E-state index contributed by atoms with van der Waals surface area (Å²) >= 11 is 5.88. The van der Waals surface area contributed by atoms with Gasteiger partial charge in [-0.25, -0.2) is 4.98 Å². The molecule has 0 saturated carbocycles. The lowest BCUT2D eigenvalue weighted by molar-refractivity contribution is -0.129. The Balaban J connectivity index is 1.59. The van der Waals surface area contributed by atoms with Crippen molar-refractivity contribution in [2.75, 3.05) is 19.6 Å². The first kappa shape index (κ1) is 19.2. The molecule has 1 aliphatic rings. The Morgan fingerprint density at radius 1 is 1.30 bits per heavy atom. The van der Waals surface area contributed by atoms with Crippen LogP contribution in [0.5, 0.6) is 5.88 Å². The highest BCUT2D eigenvalue weighted by Gasteiger charge is 2.29. The number of amides is 2. The van der Waals surface area contributed by atoms with Crippen molar-refractivity contribution in [1.82, 2.24) is 15.2 Å². The number of nitrogens with zero attached hydrogens (tertiary/aromatic N) is 2.